The van der Waals surface area contributed by atoms with Crippen LogP contribution in [0.4, 0.5) is 0 Å². The predicted molar refractivity (Wildman–Crippen MR) is 98.2 cm³/mol. The molecule has 0 atom stereocenters. The summed E-state index contributed by atoms with van der Waals surface area (Å²) in [6.07, 6.45) is 20.7. The Labute approximate surface area is 139 Å². The number of rotatable bonds is 16. The van der Waals surface area contributed by atoms with Crippen molar-refractivity contribution in [3.8, 4) is 0 Å². The van der Waals surface area contributed by atoms with Crippen molar-refractivity contribution in [1.82, 2.24) is 0 Å². The van der Waals surface area contributed by atoms with Crippen molar-refractivity contribution in [1.29, 1.82) is 0 Å². The van der Waals surface area contributed by atoms with Gasteiger partial charge in [0.15, 0.2) is 0 Å². The van der Waals surface area contributed by atoms with E-state index in [4.69, 9.17) is 15.9 Å². The number of aliphatic hydroxyl groups is 2. The smallest absolute Gasteiger partial charge is 0.0553 e. The SMILES string of the molecule is CCCCCCCCCCCCCCCCCO.NCCO. The van der Waals surface area contributed by atoms with Crippen LogP contribution in [0.15, 0.2) is 0 Å². The third-order valence-electron chi connectivity index (χ3n) is 3.89. The van der Waals surface area contributed by atoms with Crippen LogP contribution < -0.4 is 5.73 Å². The first-order valence-corrected chi connectivity index (χ1v) is 9.75. The van der Waals surface area contributed by atoms with Crippen LogP contribution in [-0.2, 0) is 0 Å². The Balaban J connectivity index is 0. The minimum absolute atomic E-state index is 0.0972. The summed E-state index contributed by atoms with van der Waals surface area (Å²) < 4.78 is 0. The molecule has 3 nitrogen and oxygen atoms in total. The van der Waals surface area contributed by atoms with Gasteiger partial charge in [0.05, 0.1) is 6.61 Å². The molecule has 0 aromatic rings. The molecule has 0 heterocycles. The third kappa shape index (κ3) is 28.1. The first-order valence-electron chi connectivity index (χ1n) is 9.75. The minimum atomic E-state index is 0.0972. The lowest BCUT2D eigenvalue weighted by molar-refractivity contribution is 0.282. The van der Waals surface area contributed by atoms with E-state index >= 15 is 0 Å². The maximum Gasteiger partial charge on any atom is 0.0553 e. The number of nitrogens with two attached hydrogens (primary N) is 1. The molecule has 0 aliphatic carbocycles. The first-order chi connectivity index (χ1) is 10.8. The van der Waals surface area contributed by atoms with Crippen LogP contribution in [0.3, 0.4) is 0 Å². The van der Waals surface area contributed by atoms with Crippen LogP contribution in [0.25, 0.3) is 0 Å². The molecule has 3 heteroatoms. The molecule has 0 saturated heterocycles. The second kappa shape index (κ2) is 25.8. The number of aliphatic hydroxyl groups excluding tert-OH is 2. The van der Waals surface area contributed by atoms with Crippen LogP contribution in [-0.4, -0.2) is 30.0 Å². The normalized spacial score (nSPS) is 10.4. The monoisotopic (exact) mass is 317 g/mol. The molecule has 0 bridgehead atoms. The van der Waals surface area contributed by atoms with Gasteiger partial charge >= 0.3 is 0 Å². The quantitative estimate of drug-likeness (QED) is 0.359. The Kier molecular flexibility index (Phi) is 28.3. The molecule has 0 saturated carbocycles. The van der Waals surface area contributed by atoms with Gasteiger partial charge in [0, 0.05) is 13.2 Å². The molecule has 0 aliphatic heterocycles. The van der Waals surface area contributed by atoms with E-state index in [1.165, 1.54) is 89.9 Å². The zero-order valence-corrected chi connectivity index (χ0v) is 15.2. The molecule has 0 fully saturated rings. The van der Waals surface area contributed by atoms with E-state index in [-0.39, 0.29) is 6.61 Å². The summed E-state index contributed by atoms with van der Waals surface area (Å²) >= 11 is 0. The van der Waals surface area contributed by atoms with Gasteiger partial charge in [0.2, 0.25) is 0 Å². The Morgan fingerprint density at radius 3 is 1.00 bits per heavy atom. The topological polar surface area (TPSA) is 66.5 Å². The van der Waals surface area contributed by atoms with E-state index in [2.05, 4.69) is 6.92 Å². The fourth-order valence-corrected chi connectivity index (χ4v) is 2.48. The van der Waals surface area contributed by atoms with Gasteiger partial charge in [0.25, 0.3) is 0 Å². The highest BCUT2D eigenvalue weighted by Crippen LogP contribution is 2.13. The molecule has 0 aromatic carbocycles. The molecule has 22 heavy (non-hydrogen) atoms. The average Bonchev–Trinajstić information content (AvgIpc) is 2.55. The predicted octanol–water partition coefficient (Wildman–Crippen LogP) is 4.79. The second-order valence-electron chi connectivity index (χ2n) is 6.19. The summed E-state index contributed by atoms with van der Waals surface area (Å²) in [6, 6.07) is 0. The summed E-state index contributed by atoms with van der Waals surface area (Å²) in [5.41, 5.74) is 4.78. The Bertz CT molecular complexity index is 148. The summed E-state index contributed by atoms with van der Waals surface area (Å²) in [7, 11) is 0. The van der Waals surface area contributed by atoms with Crippen LogP contribution in [0.5, 0.6) is 0 Å². The third-order valence-corrected chi connectivity index (χ3v) is 3.89. The van der Waals surface area contributed by atoms with Gasteiger partial charge in [-0.1, -0.05) is 96.8 Å². The molecule has 0 radical (unpaired) electrons. The lowest BCUT2D eigenvalue weighted by Gasteiger charge is -2.02. The zero-order valence-electron chi connectivity index (χ0n) is 15.2. The van der Waals surface area contributed by atoms with Gasteiger partial charge in [-0.05, 0) is 6.42 Å². The zero-order chi connectivity index (χ0) is 16.7. The molecule has 0 spiro atoms. The molecular weight excluding hydrogens is 274 g/mol. The van der Waals surface area contributed by atoms with Crippen LogP contribution in [0.1, 0.15) is 103 Å². The molecule has 0 amide bonds. The van der Waals surface area contributed by atoms with E-state index in [1.807, 2.05) is 0 Å². The molecule has 0 rings (SSSR count). The summed E-state index contributed by atoms with van der Waals surface area (Å²) in [5, 5.41) is 16.4. The highest BCUT2D eigenvalue weighted by molar-refractivity contribution is 4.49. The lowest BCUT2D eigenvalue weighted by Crippen LogP contribution is -2.02. The largest absolute Gasteiger partial charge is 0.396 e. The highest BCUT2D eigenvalue weighted by Gasteiger charge is 1.93. The molecule has 0 aromatic heterocycles. The Morgan fingerprint density at radius 1 is 0.500 bits per heavy atom. The van der Waals surface area contributed by atoms with Crippen LogP contribution >= 0.6 is 0 Å². The number of hydrogen-bond acceptors (Lipinski definition) is 3. The summed E-state index contributed by atoms with van der Waals surface area (Å²) in [5.74, 6) is 0. The van der Waals surface area contributed by atoms with Crippen LogP contribution in [0, 0.1) is 0 Å². The lowest BCUT2D eigenvalue weighted by atomic mass is 10.0. The minimum Gasteiger partial charge on any atom is -0.396 e. The van der Waals surface area contributed by atoms with Gasteiger partial charge in [-0.15, -0.1) is 0 Å². The van der Waals surface area contributed by atoms with Crippen LogP contribution in [0.2, 0.25) is 0 Å². The highest BCUT2D eigenvalue weighted by atomic mass is 16.3. The molecule has 0 unspecified atom stereocenters. The maximum absolute atomic E-state index is 8.66. The van der Waals surface area contributed by atoms with E-state index in [1.54, 1.807) is 0 Å². The Hall–Kier alpha value is -0.120. The average molecular weight is 318 g/mol. The van der Waals surface area contributed by atoms with Gasteiger partial charge in [-0.25, -0.2) is 0 Å². The van der Waals surface area contributed by atoms with Gasteiger partial charge in [0.1, 0.15) is 0 Å². The van der Waals surface area contributed by atoms with Crippen molar-refractivity contribution in [2.24, 2.45) is 5.73 Å². The van der Waals surface area contributed by atoms with Crippen molar-refractivity contribution in [2.45, 2.75) is 103 Å². The van der Waals surface area contributed by atoms with E-state index < -0.39 is 0 Å². The molecular formula is C19H43NO2. The molecule has 136 valence electrons. The number of hydrogen-bond donors (Lipinski definition) is 3. The van der Waals surface area contributed by atoms with Crippen molar-refractivity contribution in [2.75, 3.05) is 19.8 Å². The first kappa shape index (κ1) is 24.1. The van der Waals surface area contributed by atoms with Crippen molar-refractivity contribution >= 4 is 0 Å². The van der Waals surface area contributed by atoms with Crippen molar-refractivity contribution in [3.05, 3.63) is 0 Å². The van der Waals surface area contributed by atoms with E-state index in [0.29, 0.717) is 13.2 Å². The molecule has 0 aliphatic rings. The van der Waals surface area contributed by atoms with Gasteiger partial charge < -0.3 is 15.9 Å². The fourth-order valence-electron chi connectivity index (χ4n) is 2.48. The Morgan fingerprint density at radius 2 is 0.773 bits per heavy atom. The summed E-state index contributed by atoms with van der Waals surface area (Å²) in [6.45, 7) is 3.13. The van der Waals surface area contributed by atoms with E-state index in [0.717, 1.165) is 6.42 Å². The van der Waals surface area contributed by atoms with Gasteiger partial charge in [-0.3, -0.25) is 0 Å². The summed E-state index contributed by atoms with van der Waals surface area (Å²) in [4.78, 5) is 0. The van der Waals surface area contributed by atoms with E-state index in [9.17, 15) is 0 Å². The van der Waals surface area contributed by atoms with Crippen molar-refractivity contribution in [3.63, 3.8) is 0 Å². The second-order valence-corrected chi connectivity index (χ2v) is 6.19. The van der Waals surface area contributed by atoms with Gasteiger partial charge in [-0.2, -0.15) is 0 Å². The number of unbranched alkanes of at least 4 members (excludes halogenated alkanes) is 14. The van der Waals surface area contributed by atoms with Crippen molar-refractivity contribution < 1.29 is 10.2 Å². The molecule has 4 N–H and O–H groups in total. The standard InChI is InChI=1S/C17H36O.C2H7NO/c1-2-3-4-5-6-7-8-9-10-11-12-13-14-15-16-17-18;3-1-2-4/h18H,2-17H2,1H3;4H,1-3H2. The fraction of sp³-hybridized carbons (Fsp3) is 1.00. The maximum atomic E-state index is 8.66.